The van der Waals surface area contributed by atoms with Crippen LogP contribution < -0.4 is 23.7 Å². The van der Waals surface area contributed by atoms with E-state index >= 15 is 0 Å². The number of benzene rings is 3. The summed E-state index contributed by atoms with van der Waals surface area (Å²) >= 11 is 0. The van der Waals surface area contributed by atoms with E-state index in [1.807, 2.05) is 45.0 Å². The van der Waals surface area contributed by atoms with Crippen molar-refractivity contribution in [2.24, 2.45) is 0 Å². The van der Waals surface area contributed by atoms with Gasteiger partial charge in [0.05, 0.1) is 25.7 Å². The Labute approximate surface area is 291 Å². The number of anilines is 1. The molecule has 5 rings (SSSR count). The normalized spacial score (nSPS) is 11.2. The molecule has 0 unspecified atom stereocenters. The Balaban J connectivity index is 1.47. The highest BCUT2D eigenvalue weighted by molar-refractivity contribution is 7.92. The molecular weight excluding hydrogens is 659 g/mol. The first kappa shape index (κ1) is 35.6. The SMILES string of the molecule is COc1cccc(COCC#CCOc2nc(-c3ncccn3)nc(NS(=O)(=O)c3ccc(C(C)(C)C)cc3)c2Oc2ccccc2OC)c1. The zero-order chi connectivity index (χ0) is 35.6. The van der Waals surface area contributed by atoms with Gasteiger partial charge in [-0.2, -0.15) is 4.98 Å². The summed E-state index contributed by atoms with van der Waals surface area (Å²) in [4.78, 5) is 17.5. The highest BCUT2D eigenvalue weighted by Crippen LogP contribution is 2.41. The molecule has 12 nitrogen and oxygen atoms in total. The summed E-state index contributed by atoms with van der Waals surface area (Å²) in [5.74, 6) is 6.86. The molecule has 50 heavy (non-hydrogen) atoms. The number of methoxy groups -OCH3 is 2. The molecule has 0 amide bonds. The molecule has 13 heteroatoms. The number of hydrogen-bond acceptors (Lipinski definition) is 11. The van der Waals surface area contributed by atoms with Crippen molar-refractivity contribution in [1.29, 1.82) is 0 Å². The number of nitrogens with one attached hydrogen (secondary N) is 1. The Morgan fingerprint density at radius 1 is 0.780 bits per heavy atom. The van der Waals surface area contributed by atoms with Crippen LogP contribution in [0.5, 0.6) is 28.9 Å². The summed E-state index contributed by atoms with van der Waals surface area (Å²) in [5.41, 5.74) is 1.75. The van der Waals surface area contributed by atoms with Crippen molar-refractivity contribution in [3.63, 3.8) is 0 Å². The highest BCUT2D eigenvalue weighted by Gasteiger charge is 2.26. The van der Waals surface area contributed by atoms with Gasteiger partial charge in [0.2, 0.25) is 11.6 Å². The van der Waals surface area contributed by atoms with E-state index in [9.17, 15) is 8.42 Å². The van der Waals surface area contributed by atoms with Crippen molar-refractivity contribution in [2.45, 2.75) is 37.7 Å². The van der Waals surface area contributed by atoms with Crippen molar-refractivity contribution in [1.82, 2.24) is 19.9 Å². The largest absolute Gasteiger partial charge is 0.497 e. The number of para-hydroxylation sites is 2. The van der Waals surface area contributed by atoms with Crippen LogP contribution in [0.25, 0.3) is 11.6 Å². The van der Waals surface area contributed by atoms with Crippen molar-refractivity contribution in [3.05, 3.63) is 102 Å². The Kier molecular flexibility index (Phi) is 11.5. The summed E-state index contributed by atoms with van der Waals surface area (Å²) in [7, 11) is -1.09. The van der Waals surface area contributed by atoms with Crippen molar-refractivity contribution >= 4 is 15.8 Å². The molecule has 0 fully saturated rings. The summed E-state index contributed by atoms with van der Waals surface area (Å²) in [6, 6.07) is 22.7. The van der Waals surface area contributed by atoms with Crippen LogP contribution in [0.4, 0.5) is 5.82 Å². The third kappa shape index (κ3) is 9.25. The van der Waals surface area contributed by atoms with Gasteiger partial charge in [0.1, 0.15) is 12.4 Å². The summed E-state index contributed by atoms with van der Waals surface area (Å²) in [5, 5.41) is 0. The number of sulfonamides is 1. The van der Waals surface area contributed by atoms with Gasteiger partial charge < -0.3 is 23.7 Å². The van der Waals surface area contributed by atoms with E-state index in [1.165, 1.54) is 31.6 Å². The van der Waals surface area contributed by atoms with Crippen molar-refractivity contribution in [3.8, 4) is 52.4 Å². The first-order valence-corrected chi connectivity index (χ1v) is 17.0. The van der Waals surface area contributed by atoms with Gasteiger partial charge in [0.25, 0.3) is 15.9 Å². The Bertz CT molecular complexity index is 2080. The second-order valence-electron chi connectivity index (χ2n) is 11.7. The lowest BCUT2D eigenvalue weighted by Crippen LogP contribution is -2.17. The number of hydrogen-bond donors (Lipinski definition) is 1. The minimum Gasteiger partial charge on any atom is -0.497 e. The number of aromatic nitrogens is 4. The molecule has 5 aromatic rings. The smallest absolute Gasteiger partial charge is 0.264 e. The summed E-state index contributed by atoms with van der Waals surface area (Å²) in [6.07, 6.45) is 3.03. The van der Waals surface area contributed by atoms with Gasteiger partial charge in [0.15, 0.2) is 29.7 Å². The fourth-order valence-corrected chi connectivity index (χ4v) is 5.53. The maximum Gasteiger partial charge on any atom is 0.264 e. The molecule has 1 N–H and O–H groups in total. The van der Waals surface area contributed by atoms with E-state index in [0.717, 1.165) is 16.9 Å². The molecule has 0 aliphatic rings. The molecule has 0 radical (unpaired) electrons. The van der Waals surface area contributed by atoms with E-state index in [-0.39, 0.29) is 58.4 Å². The minimum absolute atomic E-state index is 0.0108. The molecular formula is C37H37N5O7S. The average Bonchev–Trinajstić information content (AvgIpc) is 3.12. The second kappa shape index (κ2) is 16.1. The first-order chi connectivity index (χ1) is 24.1. The summed E-state index contributed by atoms with van der Waals surface area (Å²) in [6.45, 7) is 6.48. The van der Waals surface area contributed by atoms with Crippen LogP contribution in [0, 0.1) is 11.8 Å². The van der Waals surface area contributed by atoms with E-state index in [4.69, 9.17) is 23.7 Å². The lowest BCUT2D eigenvalue weighted by atomic mass is 9.87. The van der Waals surface area contributed by atoms with Crippen LogP contribution in [0.2, 0.25) is 0 Å². The first-order valence-electron chi connectivity index (χ1n) is 15.5. The van der Waals surface area contributed by atoms with E-state index in [2.05, 4.69) is 36.5 Å². The fourth-order valence-electron chi connectivity index (χ4n) is 4.53. The number of rotatable bonds is 13. The maximum atomic E-state index is 13.8. The van der Waals surface area contributed by atoms with E-state index in [0.29, 0.717) is 12.4 Å². The van der Waals surface area contributed by atoms with Crippen LogP contribution in [-0.2, 0) is 26.8 Å². The molecule has 2 aromatic heterocycles. The zero-order valence-electron chi connectivity index (χ0n) is 28.3. The molecule has 0 aliphatic carbocycles. The summed E-state index contributed by atoms with van der Waals surface area (Å²) < 4.78 is 58.8. The van der Waals surface area contributed by atoms with Gasteiger partial charge >= 0.3 is 0 Å². The predicted octanol–water partition coefficient (Wildman–Crippen LogP) is 6.44. The van der Waals surface area contributed by atoms with Gasteiger partial charge in [-0.15, -0.1) is 0 Å². The van der Waals surface area contributed by atoms with Crippen LogP contribution in [0.3, 0.4) is 0 Å². The maximum absolute atomic E-state index is 13.8. The second-order valence-corrected chi connectivity index (χ2v) is 13.4. The molecule has 0 atom stereocenters. The predicted molar refractivity (Wildman–Crippen MR) is 188 cm³/mol. The Hall–Kier alpha value is -5.71. The molecule has 0 spiro atoms. The van der Waals surface area contributed by atoms with E-state index < -0.39 is 10.0 Å². The molecule has 0 saturated heterocycles. The van der Waals surface area contributed by atoms with Gasteiger partial charge in [0, 0.05) is 12.4 Å². The topological polar surface area (TPSA) is 144 Å². The lowest BCUT2D eigenvalue weighted by molar-refractivity contribution is 0.153. The molecule has 0 bridgehead atoms. The molecule has 3 aromatic carbocycles. The third-order valence-electron chi connectivity index (χ3n) is 7.13. The number of nitrogens with zero attached hydrogens (tertiary/aromatic N) is 4. The minimum atomic E-state index is -4.18. The van der Waals surface area contributed by atoms with Crippen LogP contribution in [0.1, 0.15) is 31.9 Å². The monoisotopic (exact) mass is 695 g/mol. The van der Waals surface area contributed by atoms with Gasteiger partial charge in [-0.1, -0.05) is 69.0 Å². The van der Waals surface area contributed by atoms with Crippen molar-refractivity contribution in [2.75, 3.05) is 32.2 Å². The number of ether oxygens (including phenoxy) is 5. The molecule has 0 saturated carbocycles. The quantitative estimate of drug-likeness (QED) is 0.107. The van der Waals surface area contributed by atoms with Crippen LogP contribution in [-0.4, -0.2) is 55.8 Å². The lowest BCUT2D eigenvalue weighted by Gasteiger charge is -2.20. The van der Waals surface area contributed by atoms with Crippen molar-refractivity contribution < 1.29 is 32.1 Å². The Morgan fingerprint density at radius 2 is 1.50 bits per heavy atom. The van der Waals surface area contributed by atoms with Gasteiger partial charge in [-0.25, -0.2) is 23.4 Å². The molecule has 258 valence electrons. The van der Waals surface area contributed by atoms with Gasteiger partial charge in [-0.3, -0.25) is 4.72 Å². The molecule has 2 heterocycles. The standard InChI is InChI=1S/C37H37N5O7S/c1-37(2,3)27-16-18-29(19-17-27)50(43,44)42-33-32(49-31-15-7-6-14-30(31)46-5)36(41-35(40-33)34-38-20-11-21-39-34)48-23-9-8-22-47-25-26-12-10-13-28(24-26)45-4/h6-7,10-21,24H,22-23,25H2,1-5H3,(H,40,41,42). The average molecular weight is 696 g/mol. The van der Waals surface area contributed by atoms with Crippen LogP contribution in [0.15, 0.2) is 96.2 Å². The van der Waals surface area contributed by atoms with Crippen LogP contribution >= 0.6 is 0 Å². The Morgan fingerprint density at radius 3 is 2.20 bits per heavy atom. The highest BCUT2D eigenvalue weighted by atomic mass is 32.2. The zero-order valence-corrected chi connectivity index (χ0v) is 29.2. The third-order valence-corrected chi connectivity index (χ3v) is 8.48. The fraction of sp³-hybridized carbons (Fsp3) is 0.243. The van der Waals surface area contributed by atoms with E-state index in [1.54, 1.807) is 49.6 Å². The van der Waals surface area contributed by atoms with Gasteiger partial charge in [-0.05, 0) is 59.0 Å². The molecule has 0 aliphatic heterocycles.